The van der Waals surface area contributed by atoms with E-state index in [9.17, 15) is 19.1 Å². The number of rotatable bonds is 6. The molecule has 0 bridgehead atoms. The predicted octanol–water partition coefficient (Wildman–Crippen LogP) is 4.47. The third kappa shape index (κ3) is 4.18. The predicted molar refractivity (Wildman–Crippen MR) is 122 cm³/mol. The van der Waals surface area contributed by atoms with Gasteiger partial charge >= 0.3 is 7.82 Å². The van der Waals surface area contributed by atoms with Gasteiger partial charge in [0.15, 0.2) is 17.1 Å². The number of hydrogen-bond acceptors (Lipinski definition) is 6. The molecule has 172 valence electrons. The first-order chi connectivity index (χ1) is 15.5. The summed E-state index contributed by atoms with van der Waals surface area (Å²) >= 11 is 0. The van der Waals surface area contributed by atoms with E-state index in [0.29, 0.717) is 27.8 Å². The quantitative estimate of drug-likeness (QED) is 0.313. The van der Waals surface area contributed by atoms with E-state index in [-0.39, 0.29) is 28.4 Å². The van der Waals surface area contributed by atoms with Crippen LogP contribution < -0.4 is 9.26 Å². The van der Waals surface area contributed by atoms with Crippen molar-refractivity contribution in [1.82, 2.24) is 9.78 Å². The van der Waals surface area contributed by atoms with E-state index in [2.05, 4.69) is 5.10 Å². The molecule has 10 heteroatoms. The number of phosphoric acid groups is 1. The van der Waals surface area contributed by atoms with E-state index in [1.165, 1.54) is 0 Å². The lowest BCUT2D eigenvalue weighted by molar-refractivity contribution is 0.103. The Labute approximate surface area is 189 Å². The zero-order valence-electron chi connectivity index (χ0n) is 18.7. The third-order valence-electron chi connectivity index (χ3n) is 5.52. The molecule has 0 radical (unpaired) electrons. The molecule has 33 heavy (non-hydrogen) atoms. The van der Waals surface area contributed by atoms with Gasteiger partial charge < -0.3 is 13.7 Å². The Hall–Kier alpha value is -3.39. The summed E-state index contributed by atoms with van der Waals surface area (Å²) in [6, 6.07) is 6.73. The number of ether oxygens (including phenoxy) is 1. The van der Waals surface area contributed by atoms with E-state index in [1.807, 2.05) is 13.8 Å². The van der Waals surface area contributed by atoms with Crippen LogP contribution in [0.25, 0.3) is 22.3 Å². The van der Waals surface area contributed by atoms with Crippen molar-refractivity contribution in [3.63, 3.8) is 0 Å². The Morgan fingerprint density at radius 1 is 1.15 bits per heavy atom. The number of methoxy groups -OCH3 is 1. The number of hydrogen-bond donors (Lipinski definition) is 2. The number of benzene rings is 2. The molecule has 2 N–H and O–H groups in total. The Bertz CT molecular complexity index is 1450. The van der Waals surface area contributed by atoms with Gasteiger partial charge in [-0.15, -0.1) is 0 Å². The highest BCUT2D eigenvalue weighted by Gasteiger charge is 2.29. The van der Waals surface area contributed by atoms with Gasteiger partial charge in [0, 0.05) is 24.2 Å². The highest BCUT2D eigenvalue weighted by molar-refractivity contribution is 7.46. The minimum atomic E-state index is -4.88. The van der Waals surface area contributed by atoms with Gasteiger partial charge in [-0.05, 0) is 55.7 Å². The first-order valence-corrected chi connectivity index (χ1v) is 11.5. The second-order valence-corrected chi connectivity index (χ2v) is 8.99. The van der Waals surface area contributed by atoms with Gasteiger partial charge in [0.2, 0.25) is 0 Å². The van der Waals surface area contributed by atoms with Gasteiger partial charge in [-0.2, -0.15) is 5.10 Å². The molecule has 4 rings (SSSR count). The number of nitrogens with zero attached hydrogens (tertiary/aromatic N) is 2. The van der Waals surface area contributed by atoms with Crippen molar-refractivity contribution in [3.05, 3.63) is 64.5 Å². The van der Waals surface area contributed by atoms with E-state index in [1.54, 1.807) is 62.4 Å². The van der Waals surface area contributed by atoms with Crippen LogP contribution in [0, 0.1) is 20.8 Å². The van der Waals surface area contributed by atoms with E-state index in [0.717, 1.165) is 11.1 Å². The number of ketones is 1. The monoisotopic (exact) mass is 470 g/mol. The zero-order valence-corrected chi connectivity index (χ0v) is 19.6. The highest BCUT2D eigenvalue weighted by Crippen LogP contribution is 2.46. The number of aromatic nitrogens is 2. The van der Waals surface area contributed by atoms with E-state index >= 15 is 0 Å². The van der Waals surface area contributed by atoms with Gasteiger partial charge in [-0.3, -0.25) is 19.3 Å². The molecular formula is C23H23N2O7P. The molecule has 9 nitrogen and oxygen atoms in total. The van der Waals surface area contributed by atoms with Gasteiger partial charge in [-0.25, -0.2) is 4.57 Å². The average Bonchev–Trinajstić information content (AvgIpc) is 3.34. The number of furan rings is 1. The van der Waals surface area contributed by atoms with Crippen molar-refractivity contribution in [3.8, 4) is 22.8 Å². The topological polar surface area (TPSA) is 124 Å². The minimum Gasteiger partial charge on any atom is -0.496 e. The van der Waals surface area contributed by atoms with Crippen molar-refractivity contribution in [2.24, 2.45) is 7.05 Å². The standard InChI is InChI=1S/C23H23N2O7P/c1-12-6-7-17-19(20(26)15-8-13(2)14(3)18(9-15)30-5)22(16-10-24-25(4)11-16)31-23(17)21(12)32-33(27,28)29/h6-11H,1-5H3,(H2,27,28,29). The third-order valence-corrected chi connectivity index (χ3v) is 5.94. The van der Waals surface area contributed by atoms with Crippen LogP contribution in [0.4, 0.5) is 0 Å². The van der Waals surface area contributed by atoms with Gasteiger partial charge in [0.1, 0.15) is 11.5 Å². The average molecular weight is 470 g/mol. The Morgan fingerprint density at radius 3 is 2.48 bits per heavy atom. The molecule has 0 atom stereocenters. The second kappa shape index (κ2) is 8.19. The molecule has 0 amide bonds. The highest BCUT2D eigenvalue weighted by atomic mass is 31.2. The fourth-order valence-electron chi connectivity index (χ4n) is 3.75. The first kappa shape index (κ1) is 22.8. The first-order valence-electron chi connectivity index (χ1n) is 10.0. The molecule has 0 saturated heterocycles. The fraction of sp³-hybridized carbons (Fsp3) is 0.217. The molecule has 2 aromatic carbocycles. The summed E-state index contributed by atoms with van der Waals surface area (Å²) < 4.78 is 29.6. The van der Waals surface area contributed by atoms with E-state index in [4.69, 9.17) is 13.7 Å². The Kier molecular flexibility index (Phi) is 5.66. The number of aryl methyl sites for hydroxylation is 3. The largest absolute Gasteiger partial charge is 0.524 e. The Balaban J connectivity index is 2.02. The van der Waals surface area contributed by atoms with Crippen LogP contribution in [-0.4, -0.2) is 32.5 Å². The maximum Gasteiger partial charge on any atom is 0.524 e. The number of phosphoric ester groups is 1. The Morgan fingerprint density at radius 2 is 1.88 bits per heavy atom. The smallest absolute Gasteiger partial charge is 0.496 e. The van der Waals surface area contributed by atoms with Gasteiger partial charge in [-0.1, -0.05) is 6.07 Å². The molecular weight excluding hydrogens is 447 g/mol. The van der Waals surface area contributed by atoms with Crippen LogP contribution in [0.5, 0.6) is 11.5 Å². The number of carbonyl (C=O) groups excluding carboxylic acids is 1. The molecule has 4 aromatic rings. The summed E-state index contributed by atoms with van der Waals surface area (Å²) in [6.45, 7) is 5.43. The molecule has 0 aliphatic carbocycles. The molecule has 0 unspecified atom stereocenters. The minimum absolute atomic E-state index is 0.0660. The molecule has 0 aliphatic heterocycles. The molecule has 2 heterocycles. The molecule has 0 spiro atoms. The summed E-state index contributed by atoms with van der Waals surface area (Å²) in [5, 5.41) is 4.52. The zero-order chi connectivity index (χ0) is 24.1. The summed E-state index contributed by atoms with van der Waals surface area (Å²) in [5.74, 6) is 0.347. The second-order valence-electron chi connectivity index (χ2n) is 7.83. The van der Waals surface area contributed by atoms with Gasteiger partial charge in [0.25, 0.3) is 0 Å². The van der Waals surface area contributed by atoms with Crippen LogP contribution in [-0.2, 0) is 11.6 Å². The van der Waals surface area contributed by atoms with Crippen molar-refractivity contribution < 1.29 is 32.8 Å². The molecule has 0 aliphatic rings. The summed E-state index contributed by atoms with van der Waals surface area (Å²) in [7, 11) is -1.60. The van der Waals surface area contributed by atoms with Crippen molar-refractivity contribution in [2.45, 2.75) is 20.8 Å². The number of fused-ring (bicyclic) bond motifs is 1. The summed E-state index contributed by atoms with van der Waals surface area (Å²) in [6.07, 6.45) is 3.23. The lowest BCUT2D eigenvalue weighted by atomic mass is 9.95. The molecule has 0 saturated carbocycles. The fourth-order valence-corrected chi connectivity index (χ4v) is 4.21. The maximum absolute atomic E-state index is 13.8. The van der Waals surface area contributed by atoms with Crippen LogP contribution in [0.3, 0.4) is 0 Å². The molecule has 2 aromatic heterocycles. The van der Waals surface area contributed by atoms with Crippen LogP contribution in [0.1, 0.15) is 32.6 Å². The molecule has 0 fully saturated rings. The van der Waals surface area contributed by atoms with Crippen molar-refractivity contribution in [1.29, 1.82) is 0 Å². The lowest BCUT2D eigenvalue weighted by Gasteiger charge is -2.11. The van der Waals surface area contributed by atoms with Crippen LogP contribution >= 0.6 is 7.82 Å². The van der Waals surface area contributed by atoms with Crippen LogP contribution in [0.15, 0.2) is 41.1 Å². The van der Waals surface area contributed by atoms with E-state index < -0.39 is 7.82 Å². The summed E-state index contributed by atoms with van der Waals surface area (Å²) in [4.78, 5) is 32.6. The number of carbonyl (C=O) groups is 1. The lowest BCUT2D eigenvalue weighted by Crippen LogP contribution is -2.04. The van der Waals surface area contributed by atoms with Crippen molar-refractivity contribution in [2.75, 3.05) is 7.11 Å². The summed E-state index contributed by atoms with van der Waals surface area (Å²) in [5.41, 5.74) is 3.48. The van der Waals surface area contributed by atoms with Crippen LogP contribution in [0.2, 0.25) is 0 Å². The normalized spacial score (nSPS) is 11.7. The maximum atomic E-state index is 13.8. The SMILES string of the molecule is COc1cc(C(=O)c2c(-c3cnn(C)c3)oc3c(OP(=O)(O)O)c(C)ccc23)cc(C)c1C. The van der Waals surface area contributed by atoms with Crippen molar-refractivity contribution >= 4 is 24.6 Å². The van der Waals surface area contributed by atoms with Gasteiger partial charge in [0.05, 0.1) is 24.4 Å².